The number of thiazole rings is 1. The van der Waals surface area contributed by atoms with Gasteiger partial charge >= 0.3 is 0 Å². The Morgan fingerprint density at radius 3 is 2.46 bits per heavy atom. The summed E-state index contributed by atoms with van der Waals surface area (Å²) < 4.78 is 0. The zero-order valence-corrected chi connectivity index (χ0v) is 23.1. The van der Waals surface area contributed by atoms with Crippen molar-refractivity contribution in [3.63, 3.8) is 0 Å². The molecule has 37 heavy (non-hydrogen) atoms. The predicted octanol–water partition coefficient (Wildman–Crippen LogP) is 2.72. The van der Waals surface area contributed by atoms with Gasteiger partial charge in [0, 0.05) is 48.6 Å². The highest BCUT2D eigenvalue weighted by Crippen LogP contribution is 2.62. The van der Waals surface area contributed by atoms with Crippen molar-refractivity contribution in [2.45, 2.75) is 90.6 Å². The zero-order chi connectivity index (χ0) is 26.8. The van der Waals surface area contributed by atoms with Crippen LogP contribution in [0, 0.1) is 22.7 Å². The fraction of sp³-hybridized carbons (Fsp3) is 0.778. The molecule has 0 bridgehead atoms. The number of nitrogens with one attached hydrogen (secondary N) is 3. The van der Waals surface area contributed by atoms with Gasteiger partial charge in [-0.15, -0.1) is 11.3 Å². The highest BCUT2D eigenvalue weighted by molar-refractivity contribution is 7.15. The molecule has 10 heteroatoms. The Morgan fingerprint density at radius 2 is 1.78 bits per heavy atom. The second kappa shape index (κ2) is 11.4. The van der Waals surface area contributed by atoms with Gasteiger partial charge in [0.1, 0.15) is 0 Å². The lowest BCUT2D eigenvalue weighted by atomic mass is 9.47. The maximum atomic E-state index is 13.1. The minimum absolute atomic E-state index is 0.0211. The summed E-state index contributed by atoms with van der Waals surface area (Å²) in [6.07, 6.45) is 6.67. The van der Waals surface area contributed by atoms with Gasteiger partial charge in [-0.3, -0.25) is 14.4 Å². The van der Waals surface area contributed by atoms with E-state index in [4.69, 9.17) is 4.98 Å². The molecule has 0 radical (unpaired) electrons. The van der Waals surface area contributed by atoms with Crippen LogP contribution in [0.3, 0.4) is 0 Å². The van der Waals surface area contributed by atoms with Crippen molar-refractivity contribution in [2.24, 2.45) is 22.7 Å². The zero-order valence-electron chi connectivity index (χ0n) is 22.3. The van der Waals surface area contributed by atoms with Crippen molar-refractivity contribution in [1.82, 2.24) is 15.6 Å². The van der Waals surface area contributed by atoms with Gasteiger partial charge in [0.25, 0.3) is 0 Å². The van der Waals surface area contributed by atoms with E-state index in [1.165, 1.54) is 24.7 Å². The quantitative estimate of drug-likeness (QED) is 0.325. The van der Waals surface area contributed by atoms with Gasteiger partial charge in [-0.05, 0) is 43.4 Å². The molecular weight excluding hydrogens is 492 g/mol. The summed E-state index contributed by atoms with van der Waals surface area (Å²) in [6, 6.07) is 0. The van der Waals surface area contributed by atoms with E-state index in [0.717, 1.165) is 42.7 Å². The van der Waals surface area contributed by atoms with Crippen LogP contribution in [-0.2, 0) is 20.8 Å². The molecule has 5 atom stereocenters. The van der Waals surface area contributed by atoms with Crippen LogP contribution in [0.4, 0.5) is 5.13 Å². The SMILES string of the molecule is CC(=O)NCCNC(=O)C[C@@H]1c2nc(NC(=O)C3CCCCC3)sc2C[C@@H]2[C@](C)(CO)[C@H](O)CC[C@]21C. The molecule has 0 aliphatic heterocycles. The molecule has 1 aromatic heterocycles. The first kappa shape index (κ1) is 28.0. The Bertz CT molecular complexity index is 1010. The summed E-state index contributed by atoms with van der Waals surface area (Å²) in [5, 5.41) is 30.5. The standard InChI is InChI=1S/C27H42N4O5S/c1-16(33)28-11-12-29-22(35)13-18-23-19(14-20-26(18,2)10-9-21(34)27(20,3)15-32)37-25(30-23)31-24(36)17-7-5-4-6-8-17/h17-18,20-21,32,34H,4-15H2,1-3H3,(H,28,33)(H,29,35)(H,30,31,36)/t18-,20+,21-,26+,27+/m1/s1. The predicted molar refractivity (Wildman–Crippen MR) is 142 cm³/mol. The molecule has 1 heterocycles. The first-order valence-electron chi connectivity index (χ1n) is 13.7. The van der Waals surface area contributed by atoms with Gasteiger partial charge in [0.2, 0.25) is 17.7 Å². The average Bonchev–Trinajstić information content (AvgIpc) is 3.28. The number of aromatic nitrogens is 1. The topological polar surface area (TPSA) is 141 Å². The number of rotatable bonds is 8. The molecule has 4 rings (SSSR count). The molecule has 2 saturated carbocycles. The van der Waals surface area contributed by atoms with Crippen molar-refractivity contribution >= 4 is 34.2 Å². The number of aliphatic hydroxyl groups is 2. The fourth-order valence-corrected chi connectivity index (χ4v) is 8.04. The number of anilines is 1. The molecule has 0 saturated heterocycles. The van der Waals surface area contributed by atoms with E-state index < -0.39 is 11.5 Å². The number of carbonyl (C=O) groups excluding carboxylic acids is 3. The largest absolute Gasteiger partial charge is 0.396 e. The second-order valence-corrected chi connectivity index (χ2v) is 12.8. The van der Waals surface area contributed by atoms with Crippen LogP contribution < -0.4 is 16.0 Å². The van der Waals surface area contributed by atoms with Crippen molar-refractivity contribution in [1.29, 1.82) is 0 Å². The summed E-state index contributed by atoms with van der Waals surface area (Å²) in [4.78, 5) is 43.0. The lowest BCUT2D eigenvalue weighted by molar-refractivity contribution is -0.144. The highest BCUT2D eigenvalue weighted by Gasteiger charge is 2.59. The fourth-order valence-electron chi connectivity index (χ4n) is 6.97. The van der Waals surface area contributed by atoms with Crippen molar-refractivity contribution < 1.29 is 24.6 Å². The normalized spacial score (nSPS) is 31.6. The molecule has 0 unspecified atom stereocenters. The van der Waals surface area contributed by atoms with Gasteiger partial charge in [-0.1, -0.05) is 33.1 Å². The summed E-state index contributed by atoms with van der Waals surface area (Å²) in [6.45, 7) is 6.11. The number of fused-ring (bicyclic) bond motifs is 2. The van der Waals surface area contributed by atoms with Gasteiger partial charge < -0.3 is 26.2 Å². The van der Waals surface area contributed by atoms with E-state index in [2.05, 4.69) is 22.9 Å². The van der Waals surface area contributed by atoms with Gasteiger partial charge in [0.15, 0.2) is 5.13 Å². The number of amides is 3. The molecule has 1 aromatic rings. The van der Waals surface area contributed by atoms with Crippen LogP contribution in [0.2, 0.25) is 0 Å². The highest BCUT2D eigenvalue weighted by atomic mass is 32.1. The molecule has 0 spiro atoms. The Kier molecular flexibility index (Phi) is 8.60. The number of aliphatic hydroxyl groups excluding tert-OH is 2. The summed E-state index contributed by atoms with van der Waals surface area (Å²) in [5.41, 5.74) is -0.186. The maximum absolute atomic E-state index is 13.1. The van der Waals surface area contributed by atoms with Gasteiger partial charge in [-0.2, -0.15) is 0 Å². The van der Waals surface area contributed by atoms with Crippen LogP contribution in [0.25, 0.3) is 0 Å². The van der Waals surface area contributed by atoms with Crippen LogP contribution in [0.5, 0.6) is 0 Å². The molecule has 9 nitrogen and oxygen atoms in total. The van der Waals surface area contributed by atoms with Crippen molar-refractivity contribution in [2.75, 3.05) is 25.0 Å². The van der Waals surface area contributed by atoms with Crippen molar-refractivity contribution in [3.8, 4) is 0 Å². The van der Waals surface area contributed by atoms with E-state index in [1.54, 1.807) is 0 Å². The van der Waals surface area contributed by atoms with E-state index in [0.29, 0.717) is 31.1 Å². The Hall–Kier alpha value is -2.04. The number of hydrogen-bond acceptors (Lipinski definition) is 7. The number of nitrogens with zero attached hydrogens (tertiary/aromatic N) is 1. The molecule has 3 aliphatic carbocycles. The van der Waals surface area contributed by atoms with Crippen LogP contribution in [-0.4, -0.2) is 58.7 Å². The lowest BCUT2D eigenvalue weighted by Crippen LogP contribution is -2.57. The summed E-state index contributed by atoms with van der Waals surface area (Å²) >= 11 is 1.46. The third-order valence-electron chi connectivity index (χ3n) is 9.31. The average molecular weight is 535 g/mol. The maximum Gasteiger partial charge on any atom is 0.229 e. The minimum atomic E-state index is -0.694. The number of carbonyl (C=O) groups is 3. The molecule has 0 aromatic carbocycles. The first-order chi connectivity index (χ1) is 17.6. The molecule has 2 fully saturated rings. The molecular formula is C27H42N4O5S. The van der Waals surface area contributed by atoms with E-state index in [1.807, 2.05) is 6.92 Å². The van der Waals surface area contributed by atoms with Crippen LogP contribution >= 0.6 is 11.3 Å². The van der Waals surface area contributed by atoms with E-state index in [9.17, 15) is 24.6 Å². The molecule has 3 amide bonds. The smallest absolute Gasteiger partial charge is 0.229 e. The number of hydrogen-bond donors (Lipinski definition) is 5. The van der Waals surface area contributed by atoms with Gasteiger partial charge in [0.05, 0.1) is 18.4 Å². The third kappa shape index (κ3) is 5.71. The molecule has 5 N–H and O–H groups in total. The van der Waals surface area contributed by atoms with E-state index in [-0.39, 0.29) is 53.9 Å². The monoisotopic (exact) mass is 534 g/mol. The van der Waals surface area contributed by atoms with E-state index >= 15 is 0 Å². The molecule has 3 aliphatic rings. The lowest BCUT2D eigenvalue weighted by Gasteiger charge is -2.58. The summed E-state index contributed by atoms with van der Waals surface area (Å²) in [5.74, 6) is -0.473. The molecule has 206 valence electrons. The van der Waals surface area contributed by atoms with Crippen LogP contribution in [0.15, 0.2) is 0 Å². The second-order valence-electron chi connectivity index (χ2n) is 11.7. The first-order valence-corrected chi connectivity index (χ1v) is 14.5. The van der Waals surface area contributed by atoms with Crippen LogP contribution in [0.1, 0.15) is 88.6 Å². The third-order valence-corrected chi connectivity index (χ3v) is 10.3. The Labute approximate surface area is 223 Å². The Balaban J connectivity index is 1.60. The van der Waals surface area contributed by atoms with Crippen molar-refractivity contribution in [3.05, 3.63) is 10.6 Å². The van der Waals surface area contributed by atoms with Gasteiger partial charge in [-0.25, -0.2) is 4.98 Å². The Morgan fingerprint density at radius 1 is 1.08 bits per heavy atom. The minimum Gasteiger partial charge on any atom is -0.396 e. The summed E-state index contributed by atoms with van der Waals surface area (Å²) in [7, 11) is 0.